The van der Waals surface area contributed by atoms with Crippen molar-refractivity contribution in [2.75, 3.05) is 0 Å². The molecule has 0 amide bonds. The van der Waals surface area contributed by atoms with E-state index in [1.54, 1.807) is 0 Å². The second-order valence-electron chi connectivity index (χ2n) is 2.28. The highest BCUT2D eigenvalue weighted by Gasteiger charge is 2.29. The Morgan fingerprint density at radius 1 is 1.58 bits per heavy atom. The number of hydrogen-bond acceptors (Lipinski definition) is 2. The van der Waals surface area contributed by atoms with Crippen LogP contribution in [0.15, 0.2) is 0 Å². The van der Waals surface area contributed by atoms with E-state index in [1.807, 2.05) is 0 Å². The molecule has 68 valence electrons. The maximum atomic E-state index is 11.9. The molecule has 1 rings (SSSR count). The van der Waals surface area contributed by atoms with Crippen LogP contribution < -0.4 is 0 Å². The van der Waals surface area contributed by atoms with Gasteiger partial charge in [0.05, 0.1) is 0 Å². The number of aromatic amines is 1. The van der Waals surface area contributed by atoms with E-state index in [0.29, 0.717) is 0 Å². The van der Waals surface area contributed by atoms with Crippen molar-refractivity contribution in [2.45, 2.75) is 19.6 Å². The van der Waals surface area contributed by atoms with Crippen LogP contribution in [0.2, 0.25) is 0 Å². The van der Waals surface area contributed by atoms with Gasteiger partial charge >= 0.3 is 6.18 Å². The first-order valence-electron chi connectivity index (χ1n) is 3.09. The molecule has 0 saturated heterocycles. The summed E-state index contributed by atoms with van der Waals surface area (Å²) in [6.07, 6.45) is -4.26. The van der Waals surface area contributed by atoms with E-state index >= 15 is 0 Å². The average Bonchev–Trinajstić information content (AvgIpc) is 2.16. The van der Waals surface area contributed by atoms with Crippen molar-refractivity contribution in [1.29, 1.82) is 0 Å². The Labute approximate surface area is 71.2 Å². The molecular formula is C5H6F3N3S. The summed E-state index contributed by atoms with van der Waals surface area (Å²) in [5.41, 5.74) is 0. The number of hydrogen-bond donors (Lipinski definition) is 1. The number of alkyl halides is 3. The van der Waals surface area contributed by atoms with Crippen LogP contribution in [-0.2, 0) is 6.54 Å². The normalized spacial score (nSPS) is 12.0. The first-order valence-corrected chi connectivity index (χ1v) is 3.49. The quantitative estimate of drug-likeness (QED) is 0.696. The maximum Gasteiger partial charge on any atom is 0.406 e. The van der Waals surface area contributed by atoms with Crippen LogP contribution >= 0.6 is 12.2 Å². The fraction of sp³-hybridized carbons (Fsp3) is 0.600. The molecule has 12 heavy (non-hydrogen) atoms. The third-order valence-electron chi connectivity index (χ3n) is 1.29. The van der Waals surface area contributed by atoms with Crippen LogP contribution in [-0.4, -0.2) is 20.9 Å². The lowest BCUT2D eigenvalue weighted by atomic mass is 10.6. The van der Waals surface area contributed by atoms with E-state index < -0.39 is 12.7 Å². The first-order chi connectivity index (χ1) is 5.40. The molecule has 1 N–H and O–H groups in total. The number of nitrogens with one attached hydrogen (secondary N) is 1. The third-order valence-corrected chi connectivity index (χ3v) is 1.60. The monoisotopic (exact) mass is 197 g/mol. The van der Waals surface area contributed by atoms with Crippen LogP contribution in [0.5, 0.6) is 0 Å². The van der Waals surface area contributed by atoms with E-state index in [9.17, 15) is 13.2 Å². The fourth-order valence-electron chi connectivity index (χ4n) is 0.762. The minimum atomic E-state index is -4.26. The van der Waals surface area contributed by atoms with Gasteiger partial charge in [0.15, 0.2) is 4.77 Å². The third kappa shape index (κ3) is 2.07. The summed E-state index contributed by atoms with van der Waals surface area (Å²) in [6, 6.07) is 0. The molecule has 0 aliphatic carbocycles. The Hall–Kier alpha value is -0.850. The Kier molecular flexibility index (Phi) is 2.22. The molecule has 3 nitrogen and oxygen atoms in total. The first kappa shape index (κ1) is 9.24. The van der Waals surface area contributed by atoms with E-state index in [-0.39, 0.29) is 10.6 Å². The van der Waals surface area contributed by atoms with Crippen LogP contribution in [0.3, 0.4) is 0 Å². The number of H-pyrrole nitrogens is 1. The van der Waals surface area contributed by atoms with E-state index in [2.05, 4.69) is 22.4 Å². The Morgan fingerprint density at radius 2 is 2.17 bits per heavy atom. The smallest absolute Gasteiger partial charge is 0.295 e. The van der Waals surface area contributed by atoms with E-state index in [1.165, 1.54) is 6.92 Å². The van der Waals surface area contributed by atoms with Gasteiger partial charge in [-0.1, -0.05) is 0 Å². The highest BCUT2D eigenvalue weighted by Crippen LogP contribution is 2.17. The number of aromatic nitrogens is 3. The van der Waals surface area contributed by atoms with E-state index in [0.717, 1.165) is 4.57 Å². The summed E-state index contributed by atoms with van der Waals surface area (Å²) in [7, 11) is 0. The maximum absolute atomic E-state index is 11.9. The topological polar surface area (TPSA) is 33.6 Å². The van der Waals surface area contributed by atoms with Crippen molar-refractivity contribution < 1.29 is 13.2 Å². The molecular weight excluding hydrogens is 191 g/mol. The number of rotatable bonds is 1. The van der Waals surface area contributed by atoms with Gasteiger partial charge in [-0.05, 0) is 19.1 Å². The number of aryl methyl sites for hydroxylation is 1. The molecule has 1 heterocycles. The summed E-state index contributed by atoms with van der Waals surface area (Å²) in [4.78, 5) is 0. The van der Waals surface area contributed by atoms with Gasteiger partial charge in [0.1, 0.15) is 12.4 Å². The molecule has 0 aliphatic rings. The summed E-state index contributed by atoms with van der Waals surface area (Å²) >= 11 is 4.59. The molecule has 7 heteroatoms. The van der Waals surface area contributed by atoms with Crippen LogP contribution in [0.4, 0.5) is 13.2 Å². The van der Waals surface area contributed by atoms with Crippen LogP contribution in [0.1, 0.15) is 5.82 Å². The lowest BCUT2D eigenvalue weighted by molar-refractivity contribution is -0.141. The van der Waals surface area contributed by atoms with Gasteiger partial charge in [0, 0.05) is 0 Å². The Balaban J connectivity index is 2.96. The zero-order valence-electron chi connectivity index (χ0n) is 6.14. The minimum absolute atomic E-state index is 0.00942. The van der Waals surface area contributed by atoms with Gasteiger partial charge in [-0.2, -0.15) is 18.3 Å². The lowest BCUT2D eigenvalue weighted by Crippen LogP contribution is -2.18. The highest BCUT2D eigenvalue weighted by molar-refractivity contribution is 7.71. The van der Waals surface area contributed by atoms with Gasteiger partial charge in [-0.3, -0.25) is 9.67 Å². The largest absolute Gasteiger partial charge is 0.406 e. The van der Waals surface area contributed by atoms with Crippen LogP contribution in [0.25, 0.3) is 0 Å². The second-order valence-corrected chi connectivity index (χ2v) is 2.66. The van der Waals surface area contributed by atoms with Gasteiger partial charge in [0.25, 0.3) is 0 Å². The van der Waals surface area contributed by atoms with Crippen molar-refractivity contribution in [3.05, 3.63) is 10.6 Å². The lowest BCUT2D eigenvalue weighted by Gasteiger charge is -2.07. The predicted octanol–water partition coefficient (Wildman–Crippen LogP) is 1.81. The van der Waals surface area contributed by atoms with Crippen molar-refractivity contribution >= 4 is 12.2 Å². The molecule has 0 unspecified atom stereocenters. The van der Waals surface area contributed by atoms with Crippen molar-refractivity contribution in [3.8, 4) is 0 Å². The molecule has 0 spiro atoms. The van der Waals surface area contributed by atoms with Gasteiger partial charge in [-0.25, -0.2) is 0 Å². The molecule has 0 aliphatic heterocycles. The fourth-order valence-corrected chi connectivity index (χ4v) is 1.00. The zero-order valence-corrected chi connectivity index (χ0v) is 6.96. The molecule has 1 aromatic heterocycles. The SMILES string of the molecule is Cc1n[nH]c(=S)n1CC(F)(F)F. The summed E-state index contributed by atoms with van der Waals surface area (Å²) < 4.78 is 36.5. The Morgan fingerprint density at radius 3 is 2.50 bits per heavy atom. The van der Waals surface area contributed by atoms with Gasteiger partial charge in [-0.15, -0.1) is 0 Å². The predicted molar refractivity (Wildman–Crippen MR) is 38.2 cm³/mol. The van der Waals surface area contributed by atoms with Gasteiger partial charge in [0.2, 0.25) is 0 Å². The average molecular weight is 197 g/mol. The molecule has 1 aromatic rings. The standard InChI is InChI=1S/C5H6F3N3S/c1-3-9-10-4(12)11(3)2-5(6,7)8/h2H2,1H3,(H,10,12). The molecule has 0 saturated carbocycles. The molecule has 0 bridgehead atoms. The summed E-state index contributed by atoms with van der Waals surface area (Å²) in [5, 5.41) is 5.82. The second kappa shape index (κ2) is 2.89. The van der Waals surface area contributed by atoms with Gasteiger partial charge < -0.3 is 0 Å². The molecule has 0 aromatic carbocycles. The Bertz CT molecular complexity index is 323. The summed E-state index contributed by atoms with van der Waals surface area (Å²) in [6.45, 7) is 0.367. The highest BCUT2D eigenvalue weighted by atomic mass is 32.1. The van der Waals surface area contributed by atoms with Crippen molar-refractivity contribution in [1.82, 2.24) is 14.8 Å². The van der Waals surface area contributed by atoms with Crippen LogP contribution in [0, 0.1) is 11.7 Å². The van der Waals surface area contributed by atoms with Crippen molar-refractivity contribution in [2.24, 2.45) is 0 Å². The molecule has 0 radical (unpaired) electrons. The molecule has 0 fully saturated rings. The number of halogens is 3. The summed E-state index contributed by atoms with van der Waals surface area (Å²) in [5.74, 6) is 0.234. The minimum Gasteiger partial charge on any atom is -0.295 e. The zero-order chi connectivity index (χ0) is 9.35. The number of nitrogens with zero attached hydrogens (tertiary/aromatic N) is 2. The van der Waals surface area contributed by atoms with E-state index in [4.69, 9.17) is 0 Å². The van der Waals surface area contributed by atoms with Crippen molar-refractivity contribution in [3.63, 3.8) is 0 Å². The molecule has 0 atom stereocenters.